The Morgan fingerprint density at radius 2 is 2.33 bits per heavy atom. The molecule has 3 heteroatoms. The number of nitrogens with zero attached hydrogens (tertiary/aromatic N) is 1. The van der Waals surface area contributed by atoms with E-state index >= 15 is 0 Å². The Bertz CT molecular complexity index is 245. The second-order valence-corrected chi connectivity index (χ2v) is 3.34. The molecule has 0 aliphatic carbocycles. The smallest absolute Gasteiger partial charge is 0.230 e. The minimum Gasteiger partial charge on any atom is -0.377 e. The maximum Gasteiger partial charge on any atom is 0.230 e. The standard InChI is InChI=1S/C9H13NO2/c1-10-8-3-2-4-12-6-7(8)5-9(10)11/h2-6H2,1H3. The molecule has 0 bridgehead atoms. The first-order valence-corrected chi connectivity index (χ1v) is 4.34. The fourth-order valence-corrected chi connectivity index (χ4v) is 1.81. The van der Waals surface area contributed by atoms with Crippen LogP contribution in [0.25, 0.3) is 0 Å². The molecule has 0 saturated heterocycles. The summed E-state index contributed by atoms with van der Waals surface area (Å²) in [5.41, 5.74) is 2.40. The normalized spacial score (nSPS) is 24.4. The summed E-state index contributed by atoms with van der Waals surface area (Å²) in [6.07, 6.45) is 2.61. The first-order chi connectivity index (χ1) is 5.79. The molecule has 2 aliphatic rings. The first kappa shape index (κ1) is 7.80. The van der Waals surface area contributed by atoms with Crippen molar-refractivity contribution in [2.24, 2.45) is 0 Å². The van der Waals surface area contributed by atoms with Crippen molar-refractivity contribution in [3.63, 3.8) is 0 Å². The predicted molar refractivity (Wildman–Crippen MR) is 44.5 cm³/mol. The highest BCUT2D eigenvalue weighted by molar-refractivity contribution is 5.84. The molecule has 0 aromatic heterocycles. The Morgan fingerprint density at radius 3 is 3.17 bits per heavy atom. The second-order valence-electron chi connectivity index (χ2n) is 3.34. The van der Waals surface area contributed by atoms with E-state index in [4.69, 9.17) is 4.74 Å². The summed E-state index contributed by atoms with van der Waals surface area (Å²) in [5.74, 6) is 0.213. The molecular formula is C9H13NO2. The van der Waals surface area contributed by atoms with Crippen LogP contribution in [0.15, 0.2) is 11.3 Å². The maximum absolute atomic E-state index is 11.3. The van der Waals surface area contributed by atoms with Gasteiger partial charge in [0.1, 0.15) is 0 Å². The van der Waals surface area contributed by atoms with E-state index in [1.54, 1.807) is 4.90 Å². The molecular weight excluding hydrogens is 154 g/mol. The fourth-order valence-electron chi connectivity index (χ4n) is 1.81. The quantitative estimate of drug-likeness (QED) is 0.536. The number of carbonyl (C=O) groups is 1. The van der Waals surface area contributed by atoms with Crippen LogP contribution in [-0.4, -0.2) is 31.1 Å². The van der Waals surface area contributed by atoms with Crippen molar-refractivity contribution in [2.45, 2.75) is 19.3 Å². The average Bonchev–Trinajstić information content (AvgIpc) is 2.30. The summed E-state index contributed by atoms with van der Waals surface area (Å²) < 4.78 is 5.37. The summed E-state index contributed by atoms with van der Waals surface area (Å²) in [6, 6.07) is 0. The van der Waals surface area contributed by atoms with E-state index in [9.17, 15) is 4.79 Å². The average molecular weight is 167 g/mol. The van der Waals surface area contributed by atoms with Crippen molar-refractivity contribution in [3.05, 3.63) is 11.3 Å². The molecule has 0 fully saturated rings. The summed E-state index contributed by atoms with van der Waals surface area (Å²) in [5, 5.41) is 0. The highest BCUT2D eigenvalue weighted by atomic mass is 16.5. The Morgan fingerprint density at radius 1 is 1.50 bits per heavy atom. The van der Waals surface area contributed by atoms with Crippen LogP contribution in [0.3, 0.4) is 0 Å². The van der Waals surface area contributed by atoms with Gasteiger partial charge in [0.25, 0.3) is 0 Å². The van der Waals surface area contributed by atoms with Crippen LogP contribution in [-0.2, 0) is 9.53 Å². The Kier molecular flexibility index (Phi) is 1.89. The molecule has 2 heterocycles. The van der Waals surface area contributed by atoms with Gasteiger partial charge in [-0.2, -0.15) is 0 Å². The van der Waals surface area contributed by atoms with Gasteiger partial charge in [-0.1, -0.05) is 0 Å². The Labute approximate surface area is 72.0 Å². The van der Waals surface area contributed by atoms with E-state index in [0.717, 1.165) is 19.4 Å². The van der Waals surface area contributed by atoms with Crippen molar-refractivity contribution in [1.82, 2.24) is 4.90 Å². The lowest BCUT2D eigenvalue weighted by Crippen LogP contribution is -2.19. The molecule has 0 N–H and O–H groups in total. The van der Waals surface area contributed by atoms with E-state index in [0.29, 0.717) is 13.0 Å². The molecule has 0 aromatic rings. The molecule has 3 nitrogen and oxygen atoms in total. The van der Waals surface area contributed by atoms with Gasteiger partial charge in [-0.25, -0.2) is 0 Å². The molecule has 0 radical (unpaired) electrons. The lowest BCUT2D eigenvalue weighted by molar-refractivity contribution is -0.126. The van der Waals surface area contributed by atoms with Gasteiger partial charge >= 0.3 is 0 Å². The number of allylic oxidation sites excluding steroid dienone is 1. The van der Waals surface area contributed by atoms with Gasteiger partial charge in [-0.15, -0.1) is 0 Å². The highest BCUT2D eigenvalue weighted by Crippen LogP contribution is 2.28. The van der Waals surface area contributed by atoms with E-state index < -0.39 is 0 Å². The van der Waals surface area contributed by atoms with Gasteiger partial charge in [0.15, 0.2) is 0 Å². The molecule has 1 amide bonds. The fraction of sp³-hybridized carbons (Fsp3) is 0.667. The lowest BCUT2D eigenvalue weighted by atomic mass is 10.1. The molecule has 0 unspecified atom stereocenters. The van der Waals surface area contributed by atoms with Gasteiger partial charge in [0.2, 0.25) is 5.91 Å². The molecule has 0 atom stereocenters. The number of rotatable bonds is 0. The highest BCUT2D eigenvalue weighted by Gasteiger charge is 2.27. The third kappa shape index (κ3) is 1.14. The van der Waals surface area contributed by atoms with Crippen LogP contribution < -0.4 is 0 Å². The van der Waals surface area contributed by atoms with Crippen molar-refractivity contribution < 1.29 is 9.53 Å². The molecule has 0 spiro atoms. The predicted octanol–water partition coefficient (Wildman–Crippen LogP) is 0.913. The largest absolute Gasteiger partial charge is 0.377 e. The third-order valence-electron chi connectivity index (χ3n) is 2.53. The molecule has 2 aliphatic heterocycles. The summed E-state index contributed by atoms with van der Waals surface area (Å²) in [7, 11) is 1.86. The number of ether oxygens (including phenoxy) is 1. The van der Waals surface area contributed by atoms with Crippen molar-refractivity contribution in [1.29, 1.82) is 0 Å². The van der Waals surface area contributed by atoms with Gasteiger partial charge in [-0.3, -0.25) is 4.79 Å². The number of carbonyl (C=O) groups excluding carboxylic acids is 1. The Hall–Kier alpha value is -0.830. The first-order valence-electron chi connectivity index (χ1n) is 4.34. The summed E-state index contributed by atoms with van der Waals surface area (Å²) >= 11 is 0. The molecule has 0 aromatic carbocycles. The van der Waals surface area contributed by atoms with Crippen LogP contribution in [0.5, 0.6) is 0 Å². The lowest BCUT2D eigenvalue weighted by Gasteiger charge is -2.13. The van der Waals surface area contributed by atoms with Crippen LogP contribution in [0.1, 0.15) is 19.3 Å². The van der Waals surface area contributed by atoms with Crippen molar-refractivity contribution in [3.8, 4) is 0 Å². The van der Waals surface area contributed by atoms with Gasteiger partial charge in [-0.05, 0) is 18.4 Å². The zero-order chi connectivity index (χ0) is 8.55. The van der Waals surface area contributed by atoms with Crippen molar-refractivity contribution >= 4 is 5.91 Å². The second kappa shape index (κ2) is 2.90. The SMILES string of the molecule is CN1C(=O)CC2=C1CCCOC2. The maximum atomic E-state index is 11.3. The number of hydrogen-bond acceptors (Lipinski definition) is 2. The molecule has 0 saturated carbocycles. The van der Waals surface area contributed by atoms with E-state index in [1.807, 2.05) is 7.05 Å². The summed E-state index contributed by atoms with van der Waals surface area (Å²) in [4.78, 5) is 13.1. The zero-order valence-corrected chi connectivity index (χ0v) is 7.30. The van der Waals surface area contributed by atoms with Crippen LogP contribution in [0.2, 0.25) is 0 Å². The number of hydrogen-bond donors (Lipinski definition) is 0. The molecule has 66 valence electrons. The van der Waals surface area contributed by atoms with Gasteiger partial charge in [0, 0.05) is 19.4 Å². The molecule has 2 rings (SSSR count). The monoisotopic (exact) mass is 167 g/mol. The Balaban J connectivity index is 2.22. The van der Waals surface area contributed by atoms with E-state index in [2.05, 4.69) is 0 Å². The van der Waals surface area contributed by atoms with Crippen LogP contribution in [0, 0.1) is 0 Å². The van der Waals surface area contributed by atoms with Gasteiger partial charge in [0.05, 0.1) is 13.0 Å². The number of amides is 1. The molecule has 12 heavy (non-hydrogen) atoms. The van der Waals surface area contributed by atoms with Gasteiger partial charge < -0.3 is 9.64 Å². The van der Waals surface area contributed by atoms with E-state index in [1.165, 1.54) is 11.3 Å². The third-order valence-corrected chi connectivity index (χ3v) is 2.53. The van der Waals surface area contributed by atoms with E-state index in [-0.39, 0.29) is 5.91 Å². The minimum absolute atomic E-state index is 0.213. The van der Waals surface area contributed by atoms with Crippen LogP contribution >= 0.6 is 0 Å². The van der Waals surface area contributed by atoms with Crippen LogP contribution in [0.4, 0.5) is 0 Å². The summed E-state index contributed by atoms with van der Waals surface area (Å²) in [6.45, 7) is 1.49. The van der Waals surface area contributed by atoms with Crippen molar-refractivity contribution in [2.75, 3.05) is 20.3 Å². The minimum atomic E-state index is 0.213. The topological polar surface area (TPSA) is 29.5 Å². The zero-order valence-electron chi connectivity index (χ0n) is 7.30.